The average molecular weight is 620 g/mol. The first-order valence-corrected chi connectivity index (χ1v) is 12.2. The van der Waals surface area contributed by atoms with Crippen molar-refractivity contribution < 1.29 is 85.5 Å². The summed E-state index contributed by atoms with van der Waals surface area (Å²) in [4.78, 5) is 40.2. The van der Waals surface area contributed by atoms with E-state index in [1.807, 2.05) is 0 Å². The van der Waals surface area contributed by atoms with Gasteiger partial charge < -0.3 is 71.1 Å². The van der Waals surface area contributed by atoms with E-state index < -0.39 is 122 Å². The van der Waals surface area contributed by atoms with Crippen molar-refractivity contribution in [3.05, 3.63) is 53.1 Å². The molecule has 44 heavy (non-hydrogen) atoms. The van der Waals surface area contributed by atoms with Crippen LogP contribution in [-0.2, 0) is 4.74 Å². The van der Waals surface area contributed by atoms with Crippen LogP contribution in [0.25, 0.3) is 0 Å². The predicted octanol–water partition coefficient (Wildman–Crippen LogP) is -1.43. The molecule has 0 aromatic heterocycles. The van der Waals surface area contributed by atoms with Gasteiger partial charge in [0.15, 0.2) is 80.3 Å². The number of phenolic OH excluding ortho intramolecular Hbond substituents is 9. The summed E-state index contributed by atoms with van der Waals surface area (Å²) in [7, 11) is 0. The normalized spacial score (nSPS) is 24.0. The van der Waals surface area contributed by atoms with E-state index in [4.69, 9.17) is 4.74 Å². The number of Topliss-reactive ketones (excluding diaryl/α,β-unsaturated/α-hetero) is 3. The highest BCUT2D eigenvalue weighted by Crippen LogP contribution is 2.44. The standard InChI is InChI=1S/C27H24O17/c28-11-1-8(2-12(29)18(11)35)17(34)21(38)24-27(43,23(40)10-5-15(32)20(37)16(33)6-10)25(41)26(42,7-44-24)22(39)9-3-13(30)19(36)14(31)4-9/h1-6,21,24-25,28-33,35-38,41-43H,7H2/t21?,24-,25-,26-,27-/m1/s1. The molecular weight excluding hydrogens is 596 g/mol. The van der Waals surface area contributed by atoms with E-state index in [0.717, 1.165) is 0 Å². The Bertz CT molecular complexity index is 1630. The topological polar surface area (TPSA) is 323 Å². The van der Waals surface area contributed by atoms with E-state index >= 15 is 0 Å². The van der Waals surface area contributed by atoms with Gasteiger partial charge in [-0.25, -0.2) is 0 Å². The zero-order valence-electron chi connectivity index (χ0n) is 21.9. The largest absolute Gasteiger partial charge is 0.504 e. The summed E-state index contributed by atoms with van der Waals surface area (Å²) in [5.41, 5.74) is -9.59. The van der Waals surface area contributed by atoms with E-state index in [-0.39, 0.29) is 0 Å². The Hall–Kier alpha value is -5.33. The van der Waals surface area contributed by atoms with Crippen LogP contribution in [0, 0.1) is 0 Å². The SMILES string of the molecule is O=C(c1cc(O)c(O)c(O)c1)C(O)[C@H]1OC[C@@](O)(C(=O)c2cc(O)c(O)c(O)c2)[C@@H](O)[C@@]1(O)C(=O)c1cc(O)c(O)c(O)c1. The first kappa shape index (κ1) is 31.6. The van der Waals surface area contributed by atoms with Crippen molar-refractivity contribution >= 4 is 17.3 Å². The minimum Gasteiger partial charge on any atom is -0.504 e. The molecule has 4 rings (SSSR count). The fourth-order valence-electron chi connectivity index (χ4n) is 4.72. The number of aliphatic hydroxyl groups is 4. The molecule has 1 aliphatic rings. The molecule has 0 bridgehead atoms. The predicted molar refractivity (Wildman–Crippen MR) is 139 cm³/mol. The second-order valence-electron chi connectivity index (χ2n) is 9.94. The van der Waals surface area contributed by atoms with Crippen molar-refractivity contribution in [2.45, 2.75) is 29.5 Å². The van der Waals surface area contributed by atoms with Crippen LogP contribution < -0.4 is 0 Å². The molecule has 17 nitrogen and oxygen atoms in total. The maximum atomic E-state index is 13.7. The van der Waals surface area contributed by atoms with Crippen LogP contribution in [0.4, 0.5) is 0 Å². The van der Waals surface area contributed by atoms with Gasteiger partial charge in [0.05, 0.1) is 6.61 Å². The summed E-state index contributed by atoms with van der Waals surface area (Å²) < 4.78 is 5.23. The summed E-state index contributed by atoms with van der Waals surface area (Å²) in [6.45, 7) is -1.39. The highest BCUT2D eigenvalue weighted by Gasteiger charge is 2.67. The van der Waals surface area contributed by atoms with Gasteiger partial charge in [0.2, 0.25) is 0 Å². The first-order chi connectivity index (χ1) is 20.4. The lowest BCUT2D eigenvalue weighted by Crippen LogP contribution is -2.76. The zero-order valence-corrected chi connectivity index (χ0v) is 21.9. The number of carbonyl (C=O) groups excluding carboxylic acids is 3. The maximum Gasteiger partial charge on any atom is 0.200 e. The van der Waals surface area contributed by atoms with Crippen LogP contribution in [0.15, 0.2) is 36.4 Å². The van der Waals surface area contributed by atoms with Gasteiger partial charge >= 0.3 is 0 Å². The molecular formula is C27H24O17. The number of aliphatic hydroxyl groups excluding tert-OH is 2. The van der Waals surface area contributed by atoms with Crippen LogP contribution >= 0.6 is 0 Å². The lowest BCUT2D eigenvalue weighted by Gasteiger charge is -2.49. The molecule has 0 saturated carbocycles. The van der Waals surface area contributed by atoms with Crippen molar-refractivity contribution in [1.29, 1.82) is 0 Å². The highest BCUT2D eigenvalue weighted by molar-refractivity contribution is 6.09. The van der Waals surface area contributed by atoms with E-state index in [0.29, 0.717) is 36.4 Å². The fourth-order valence-corrected chi connectivity index (χ4v) is 4.72. The number of ketones is 3. The van der Waals surface area contributed by atoms with E-state index in [1.54, 1.807) is 0 Å². The molecule has 13 N–H and O–H groups in total. The van der Waals surface area contributed by atoms with Crippen LogP contribution in [-0.4, -0.2) is 120 Å². The molecule has 1 saturated heterocycles. The Kier molecular flexibility index (Phi) is 7.72. The Labute approximate surface area is 244 Å². The second kappa shape index (κ2) is 10.7. The maximum absolute atomic E-state index is 13.7. The molecule has 234 valence electrons. The Morgan fingerprint density at radius 1 is 0.636 bits per heavy atom. The molecule has 0 radical (unpaired) electrons. The van der Waals surface area contributed by atoms with Gasteiger partial charge in [-0.3, -0.25) is 14.4 Å². The molecule has 1 fully saturated rings. The van der Waals surface area contributed by atoms with Crippen molar-refractivity contribution in [2.75, 3.05) is 6.61 Å². The summed E-state index contributed by atoms with van der Waals surface area (Å²) in [5, 5.41) is 133. The van der Waals surface area contributed by atoms with E-state index in [2.05, 4.69) is 0 Å². The summed E-state index contributed by atoms with van der Waals surface area (Å²) in [6.07, 6.45) is -8.39. The molecule has 5 atom stereocenters. The number of hydrogen-bond acceptors (Lipinski definition) is 17. The molecule has 3 aromatic rings. The minimum absolute atomic E-state index is 0.467. The summed E-state index contributed by atoms with van der Waals surface area (Å²) >= 11 is 0. The lowest BCUT2D eigenvalue weighted by atomic mass is 9.69. The molecule has 17 heteroatoms. The Balaban J connectivity index is 1.86. The van der Waals surface area contributed by atoms with Gasteiger partial charge in [-0.2, -0.15) is 0 Å². The van der Waals surface area contributed by atoms with Gasteiger partial charge in [0.25, 0.3) is 0 Å². The van der Waals surface area contributed by atoms with Crippen molar-refractivity contribution in [1.82, 2.24) is 0 Å². The molecule has 1 unspecified atom stereocenters. The third kappa shape index (κ3) is 4.79. The number of rotatable bonds is 7. The molecule has 1 heterocycles. The van der Waals surface area contributed by atoms with Crippen LogP contribution in [0.5, 0.6) is 51.7 Å². The molecule has 1 aliphatic heterocycles. The minimum atomic E-state index is -3.75. The molecule has 0 spiro atoms. The Morgan fingerprint density at radius 3 is 1.36 bits per heavy atom. The Morgan fingerprint density at radius 2 is 0.977 bits per heavy atom. The van der Waals surface area contributed by atoms with E-state index in [9.17, 15) is 80.8 Å². The lowest BCUT2D eigenvalue weighted by molar-refractivity contribution is -0.256. The van der Waals surface area contributed by atoms with Crippen LogP contribution in [0.3, 0.4) is 0 Å². The number of ether oxygens (including phenoxy) is 1. The zero-order chi connectivity index (χ0) is 33.0. The molecule has 0 amide bonds. The third-order valence-corrected chi connectivity index (χ3v) is 7.12. The van der Waals surface area contributed by atoms with Crippen LogP contribution in [0.1, 0.15) is 31.1 Å². The fraction of sp³-hybridized carbons (Fsp3) is 0.222. The third-order valence-electron chi connectivity index (χ3n) is 7.12. The highest BCUT2D eigenvalue weighted by atomic mass is 16.5. The number of aromatic hydroxyl groups is 9. The van der Waals surface area contributed by atoms with E-state index in [1.165, 1.54) is 0 Å². The van der Waals surface area contributed by atoms with Gasteiger partial charge in [-0.15, -0.1) is 0 Å². The van der Waals surface area contributed by atoms with Crippen molar-refractivity contribution in [3.63, 3.8) is 0 Å². The second-order valence-corrected chi connectivity index (χ2v) is 9.94. The summed E-state index contributed by atoms with van der Waals surface area (Å²) in [5.74, 6) is -14.7. The summed E-state index contributed by atoms with van der Waals surface area (Å²) in [6, 6.07) is 3.14. The monoisotopic (exact) mass is 620 g/mol. The quantitative estimate of drug-likeness (QED) is 0.106. The van der Waals surface area contributed by atoms with Crippen molar-refractivity contribution in [3.8, 4) is 51.7 Å². The number of hydrogen-bond donors (Lipinski definition) is 13. The average Bonchev–Trinajstić information content (AvgIpc) is 2.97. The number of phenols is 9. The van der Waals surface area contributed by atoms with Gasteiger partial charge in [-0.1, -0.05) is 0 Å². The van der Waals surface area contributed by atoms with Gasteiger partial charge in [0.1, 0.15) is 18.3 Å². The molecule has 3 aromatic carbocycles. The molecule has 0 aliphatic carbocycles. The van der Waals surface area contributed by atoms with Crippen LogP contribution in [0.2, 0.25) is 0 Å². The number of carbonyl (C=O) groups is 3. The van der Waals surface area contributed by atoms with Crippen molar-refractivity contribution in [2.24, 2.45) is 0 Å². The van der Waals surface area contributed by atoms with Gasteiger partial charge in [0, 0.05) is 16.7 Å². The number of benzene rings is 3. The smallest absolute Gasteiger partial charge is 0.200 e. The van der Waals surface area contributed by atoms with Gasteiger partial charge in [-0.05, 0) is 36.4 Å². The first-order valence-electron chi connectivity index (χ1n) is 12.2.